The number of non-ortho nitro benzene ring substituents is 1. The zero-order chi connectivity index (χ0) is 15.5. The molecule has 0 spiro atoms. The number of nitro benzene ring substituents is 1. The van der Waals surface area contributed by atoms with Gasteiger partial charge in [0.1, 0.15) is 0 Å². The van der Waals surface area contributed by atoms with Crippen LogP contribution >= 0.6 is 0 Å². The maximum atomic E-state index is 10.9. The molecule has 0 radical (unpaired) electrons. The van der Waals surface area contributed by atoms with Crippen molar-refractivity contribution >= 4 is 11.4 Å². The molecule has 0 amide bonds. The van der Waals surface area contributed by atoms with Crippen LogP contribution in [0, 0.1) is 10.1 Å². The molecule has 0 bridgehead atoms. The highest BCUT2D eigenvalue weighted by molar-refractivity contribution is 5.55. The van der Waals surface area contributed by atoms with Crippen molar-refractivity contribution in [3.63, 3.8) is 0 Å². The Balaban J connectivity index is 2.10. The summed E-state index contributed by atoms with van der Waals surface area (Å²) in [5, 5.41) is 21.3. The molecule has 4 N–H and O–H groups in total. The van der Waals surface area contributed by atoms with Gasteiger partial charge in [-0.3, -0.25) is 20.9 Å². The SMILES string of the molecule is CN(Cc1cc([N+](=O)[O-])ccc1NN)CC1(O)CCCC1. The number of benzene rings is 1. The van der Waals surface area contributed by atoms with Gasteiger partial charge in [0.2, 0.25) is 0 Å². The van der Waals surface area contributed by atoms with E-state index in [1.165, 1.54) is 12.1 Å². The highest BCUT2D eigenvalue weighted by Crippen LogP contribution is 2.31. The van der Waals surface area contributed by atoms with Crippen LogP contribution < -0.4 is 11.3 Å². The topological polar surface area (TPSA) is 105 Å². The molecule has 7 nitrogen and oxygen atoms in total. The second kappa shape index (κ2) is 6.38. The lowest BCUT2D eigenvalue weighted by Crippen LogP contribution is -2.38. The number of aliphatic hydroxyl groups is 1. The van der Waals surface area contributed by atoms with Crippen molar-refractivity contribution in [3.05, 3.63) is 33.9 Å². The van der Waals surface area contributed by atoms with E-state index in [0.717, 1.165) is 31.2 Å². The lowest BCUT2D eigenvalue weighted by Gasteiger charge is -2.29. The quantitative estimate of drug-likeness (QED) is 0.418. The van der Waals surface area contributed by atoms with Gasteiger partial charge in [-0.15, -0.1) is 0 Å². The minimum atomic E-state index is -0.633. The van der Waals surface area contributed by atoms with Gasteiger partial charge in [0.25, 0.3) is 5.69 Å². The summed E-state index contributed by atoms with van der Waals surface area (Å²) in [7, 11) is 1.90. The summed E-state index contributed by atoms with van der Waals surface area (Å²) < 4.78 is 0. The Labute approximate surface area is 123 Å². The van der Waals surface area contributed by atoms with Crippen LogP contribution in [-0.2, 0) is 6.54 Å². The summed E-state index contributed by atoms with van der Waals surface area (Å²) in [5.41, 5.74) is 3.37. The minimum Gasteiger partial charge on any atom is -0.389 e. The first kappa shape index (κ1) is 15.7. The molecule has 116 valence electrons. The van der Waals surface area contributed by atoms with Gasteiger partial charge in [0.05, 0.1) is 16.2 Å². The Morgan fingerprint density at radius 2 is 2.14 bits per heavy atom. The van der Waals surface area contributed by atoms with Crippen LogP contribution in [0.4, 0.5) is 11.4 Å². The lowest BCUT2D eigenvalue weighted by molar-refractivity contribution is -0.384. The molecule has 0 saturated heterocycles. The van der Waals surface area contributed by atoms with Crippen molar-refractivity contribution in [2.24, 2.45) is 5.84 Å². The number of nitrogen functional groups attached to an aromatic ring is 1. The second-order valence-corrected chi connectivity index (χ2v) is 5.85. The van der Waals surface area contributed by atoms with Gasteiger partial charge in [-0.1, -0.05) is 12.8 Å². The molecular weight excluding hydrogens is 272 g/mol. The van der Waals surface area contributed by atoms with Gasteiger partial charge >= 0.3 is 0 Å². The first-order valence-corrected chi connectivity index (χ1v) is 7.08. The van der Waals surface area contributed by atoms with Crippen molar-refractivity contribution in [1.29, 1.82) is 0 Å². The normalized spacial score (nSPS) is 17.1. The average molecular weight is 294 g/mol. The Bertz CT molecular complexity index is 515. The second-order valence-electron chi connectivity index (χ2n) is 5.85. The first-order chi connectivity index (χ1) is 9.93. The van der Waals surface area contributed by atoms with Gasteiger partial charge in [-0.05, 0) is 31.5 Å². The maximum absolute atomic E-state index is 10.9. The Kier molecular flexibility index (Phi) is 4.76. The van der Waals surface area contributed by atoms with E-state index in [2.05, 4.69) is 5.43 Å². The van der Waals surface area contributed by atoms with Crippen molar-refractivity contribution in [2.45, 2.75) is 37.8 Å². The smallest absolute Gasteiger partial charge is 0.269 e. The summed E-state index contributed by atoms with van der Waals surface area (Å²) in [5.74, 6) is 5.45. The van der Waals surface area contributed by atoms with Gasteiger partial charge in [0.15, 0.2) is 0 Å². The van der Waals surface area contributed by atoms with E-state index in [1.807, 2.05) is 11.9 Å². The van der Waals surface area contributed by atoms with Crippen LogP contribution in [0.25, 0.3) is 0 Å². The number of likely N-dealkylation sites (N-methyl/N-ethyl adjacent to an activating group) is 1. The van der Waals surface area contributed by atoms with Crippen molar-refractivity contribution in [2.75, 3.05) is 19.0 Å². The molecule has 7 heteroatoms. The third-order valence-electron chi connectivity index (χ3n) is 3.99. The summed E-state index contributed by atoms with van der Waals surface area (Å²) in [6, 6.07) is 4.54. The minimum absolute atomic E-state index is 0.0389. The fourth-order valence-electron chi connectivity index (χ4n) is 3.01. The Morgan fingerprint density at radius 3 is 2.71 bits per heavy atom. The van der Waals surface area contributed by atoms with E-state index >= 15 is 0 Å². The zero-order valence-corrected chi connectivity index (χ0v) is 12.2. The number of nitrogens with two attached hydrogens (primary N) is 1. The molecule has 1 aromatic rings. The van der Waals surface area contributed by atoms with Crippen LogP contribution in [0.1, 0.15) is 31.2 Å². The van der Waals surface area contributed by atoms with E-state index in [-0.39, 0.29) is 5.69 Å². The Hall–Kier alpha value is -1.70. The zero-order valence-electron chi connectivity index (χ0n) is 12.2. The fourth-order valence-corrected chi connectivity index (χ4v) is 3.01. The van der Waals surface area contributed by atoms with Crippen LogP contribution in [-0.4, -0.2) is 34.1 Å². The number of hydrazine groups is 1. The summed E-state index contributed by atoms with van der Waals surface area (Å²) in [4.78, 5) is 12.4. The van der Waals surface area contributed by atoms with Gasteiger partial charge in [-0.2, -0.15) is 0 Å². The molecule has 1 saturated carbocycles. The molecule has 1 aromatic carbocycles. The Morgan fingerprint density at radius 1 is 1.48 bits per heavy atom. The molecule has 2 rings (SSSR count). The van der Waals surface area contributed by atoms with E-state index in [1.54, 1.807) is 6.07 Å². The third kappa shape index (κ3) is 3.90. The largest absolute Gasteiger partial charge is 0.389 e. The predicted molar refractivity (Wildman–Crippen MR) is 80.7 cm³/mol. The molecule has 0 heterocycles. The van der Waals surface area contributed by atoms with Gasteiger partial charge in [0, 0.05) is 25.2 Å². The number of nitrogens with one attached hydrogen (secondary N) is 1. The third-order valence-corrected chi connectivity index (χ3v) is 3.99. The average Bonchev–Trinajstić information content (AvgIpc) is 2.84. The number of hydrogen-bond acceptors (Lipinski definition) is 6. The van der Waals surface area contributed by atoms with Crippen LogP contribution in [0.2, 0.25) is 0 Å². The van der Waals surface area contributed by atoms with E-state index < -0.39 is 10.5 Å². The summed E-state index contributed by atoms with van der Waals surface area (Å²) >= 11 is 0. The molecule has 0 aliphatic heterocycles. The highest BCUT2D eigenvalue weighted by atomic mass is 16.6. The van der Waals surface area contributed by atoms with Crippen molar-refractivity contribution in [1.82, 2.24) is 4.90 Å². The molecule has 21 heavy (non-hydrogen) atoms. The molecule has 0 unspecified atom stereocenters. The van der Waals surface area contributed by atoms with Crippen molar-refractivity contribution in [3.8, 4) is 0 Å². The number of rotatable bonds is 6. The van der Waals surface area contributed by atoms with Gasteiger partial charge < -0.3 is 10.5 Å². The molecule has 1 aliphatic rings. The molecule has 0 aromatic heterocycles. The lowest BCUT2D eigenvalue weighted by atomic mass is 10.0. The van der Waals surface area contributed by atoms with Crippen molar-refractivity contribution < 1.29 is 10.0 Å². The monoisotopic (exact) mass is 294 g/mol. The number of nitrogens with zero attached hydrogens (tertiary/aromatic N) is 2. The van der Waals surface area contributed by atoms with E-state index in [4.69, 9.17) is 5.84 Å². The molecule has 0 atom stereocenters. The number of nitro groups is 1. The molecule has 1 aliphatic carbocycles. The molecule has 1 fully saturated rings. The van der Waals surface area contributed by atoms with Gasteiger partial charge in [-0.25, -0.2) is 0 Å². The standard InChI is InChI=1S/C14H22N4O3/c1-17(10-14(19)6-2-3-7-14)9-11-8-12(18(20)21)4-5-13(11)16-15/h4-5,8,16,19H,2-3,6-7,9-10,15H2,1H3. The van der Waals surface area contributed by atoms with Crippen LogP contribution in [0.15, 0.2) is 18.2 Å². The highest BCUT2D eigenvalue weighted by Gasteiger charge is 2.32. The molecular formula is C14H22N4O3. The van der Waals surface area contributed by atoms with Crippen LogP contribution in [0.5, 0.6) is 0 Å². The first-order valence-electron chi connectivity index (χ1n) is 7.08. The van der Waals surface area contributed by atoms with Crippen LogP contribution in [0.3, 0.4) is 0 Å². The van der Waals surface area contributed by atoms with E-state index in [9.17, 15) is 15.2 Å². The fraction of sp³-hybridized carbons (Fsp3) is 0.571. The summed E-state index contributed by atoms with van der Waals surface area (Å²) in [6.07, 6.45) is 3.73. The van der Waals surface area contributed by atoms with E-state index in [0.29, 0.717) is 18.8 Å². The predicted octanol–water partition coefficient (Wildman–Crippen LogP) is 1.62. The number of hydrogen-bond donors (Lipinski definition) is 3. The number of anilines is 1. The summed E-state index contributed by atoms with van der Waals surface area (Å²) in [6.45, 7) is 1.04. The maximum Gasteiger partial charge on any atom is 0.269 e.